The highest BCUT2D eigenvalue weighted by Crippen LogP contribution is 2.32. The zero-order valence-corrected chi connectivity index (χ0v) is 21.4. The normalized spacial score (nSPS) is 14.7. The van der Waals surface area contributed by atoms with Gasteiger partial charge in [0.25, 0.3) is 5.91 Å². The molecule has 1 saturated heterocycles. The number of rotatable bonds is 6. The lowest BCUT2D eigenvalue weighted by Gasteiger charge is -2.31. The Morgan fingerprint density at radius 3 is 2.57 bits per heavy atom. The molecule has 2 amide bonds. The van der Waals surface area contributed by atoms with Gasteiger partial charge in [0.2, 0.25) is 5.91 Å². The number of nitrogens with zero attached hydrogens (tertiary/aromatic N) is 2. The fourth-order valence-corrected chi connectivity index (χ4v) is 5.48. The van der Waals surface area contributed by atoms with E-state index < -0.39 is 0 Å². The molecule has 1 aliphatic rings. The van der Waals surface area contributed by atoms with Gasteiger partial charge < -0.3 is 15.3 Å². The second kappa shape index (κ2) is 10.6. The Morgan fingerprint density at radius 1 is 1.11 bits per heavy atom. The third-order valence-corrected chi connectivity index (χ3v) is 7.48. The summed E-state index contributed by atoms with van der Waals surface area (Å²) in [6.45, 7) is 7.78. The second-order valence-electron chi connectivity index (χ2n) is 10.1. The van der Waals surface area contributed by atoms with Gasteiger partial charge in [0.05, 0.1) is 5.01 Å². The average molecular weight is 492 g/mol. The number of nitrogens with one attached hydrogen (secondary N) is 1. The van der Waals surface area contributed by atoms with E-state index in [-0.39, 0.29) is 28.9 Å². The van der Waals surface area contributed by atoms with Crippen molar-refractivity contribution < 1.29 is 14.7 Å². The van der Waals surface area contributed by atoms with Gasteiger partial charge in [-0.2, -0.15) is 0 Å². The number of para-hydroxylation sites is 1. The molecule has 0 saturated carbocycles. The summed E-state index contributed by atoms with van der Waals surface area (Å²) in [6, 6.07) is 15.0. The van der Waals surface area contributed by atoms with Crippen molar-refractivity contribution in [1.29, 1.82) is 0 Å². The fraction of sp³-hybridized carbons (Fsp3) is 0.393. The molecule has 2 N–H and O–H groups in total. The van der Waals surface area contributed by atoms with Crippen LogP contribution >= 0.6 is 11.3 Å². The van der Waals surface area contributed by atoms with Gasteiger partial charge in [-0.25, -0.2) is 4.98 Å². The minimum Gasteiger partial charge on any atom is -0.508 e. The van der Waals surface area contributed by atoms with Crippen LogP contribution in [0.5, 0.6) is 5.75 Å². The Morgan fingerprint density at radius 2 is 1.86 bits per heavy atom. The molecular formula is C28H33N3O3S. The van der Waals surface area contributed by atoms with Gasteiger partial charge in [-0.1, -0.05) is 51.1 Å². The molecule has 0 spiro atoms. The monoisotopic (exact) mass is 491 g/mol. The van der Waals surface area contributed by atoms with Crippen molar-refractivity contribution in [2.45, 2.75) is 57.8 Å². The van der Waals surface area contributed by atoms with Gasteiger partial charge in [0, 0.05) is 36.5 Å². The Bertz CT molecular complexity index is 1190. The molecule has 1 aliphatic heterocycles. The van der Waals surface area contributed by atoms with Gasteiger partial charge >= 0.3 is 0 Å². The molecule has 1 fully saturated rings. The number of aromatic nitrogens is 1. The number of anilines is 1. The molecular weight excluding hydrogens is 458 g/mol. The molecule has 0 atom stereocenters. The van der Waals surface area contributed by atoms with Crippen LogP contribution in [-0.4, -0.2) is 39.9 Å². The van der Waals surface area contributed by atoms with Crippen molar-refractivity contribution in [2.24, 2.45) is 0 Å². The van der Waals surface area contributed by atoms with E-state index in [9.17, 15) is 14.7 Å². The van der Waals surface area contributed by atoms with Gasteiger partial charge in [-0.3, -0.25) is 9.59 Å². The number of phenols is 1. The Kier molecular flexibility index (Phi) is 7.55. The topological polar surface area (TPSA) is 82.5 Å². The molecule has 1 aromatic heterocycles. The molecule has 6 nitrogen and oxygen atoms in total. The van der Waals surface area contributed by atoms with E-state index in [0.29, 0.717) is 31.6 Å². The van der Waals surface area contributed by atoms with E-state index in [4.69, 9.17) is 0 Å². The lowest BCUT2D eigenvalue weighted by Crippen LogP contribution is -2.38. The van der Waals surface area contributed by atoms with E-state index in [0.717, 1.165) is 34.7 Å². The highest BCUT2D eigenvalue weighted by molar-refractivity contribution is 7.10. The first-order valence-corrected chi connectivity index (χ1v) is 13.0. The van der Waals surface area contributed by atoms with Crippen molar-refractivity contribution in [2.75, 3.05) is 18.4 Å². The number of hydrogen-bond acceptors (Lipinski definition) is 5. The van der Waals surface area contributed by atoms with E-state index >= 15 is 0 Å². The zero-order valence-electron chi connectivity index (χ0n) is 20.6. The number of benzene rings is 2. The molecule has 4 rings (SSSR count). The highest BCUT2D eigenvalue weighted by Gasteiger charge is 2.26. The summed E-state index contributed by atoms with van der Waals surface area (Å²) in [4.78, 5) is 32.1. The smallest absolute Gasteiger partial charge is 0.275 e. The lowest BCUT2D eigenvalue weighted by molar-refractivity contribution is -0.132. The number of phenolic OH excluding ortho intramolecular Hbond substituents is 1. The summed E-state index contributed by atoms with van der Waals surface area (Å²) in [5, 5.41) is 15.4. The lowest BCUT2D eigenvalue weighted by atomic mass is 9.86. The Labute approximate surface area is 211 Å². The Hall–Kier alpha value is -3.19. The molecule has 0 radical (unpaired) electrons. The third kappa shape index (κ3) is 6.28. The maximum atomic E-state index is 12.9. The van der Waals surface area contributed by atoms with Crippen LogP contribution in [0.3, 0.4) is 0 Å². The molecule has 7 heteroatoms. The SMILES string of the molecule is CC(C)(C)c1ccccc1NC(=O)c1csc(C2CCN(C(=O)CCc3cccc(O)c3)CC2)n1. The third-order valence-electron chi connectivity index (χ3n) is 6.47. The van der Waals surface area contributed by atoms with Crippen LogP contribution in [-0.2, 0) is 16.6 Å². The summed E-state index contributed by atoms with van der Waals surface area (Å²) in [5.41, 5.74) is 3.23. The summed E-state index contributed by atoms with van der Waals surface area (Å²) in [6.07, 6.45) is 2.75. The molecule has 0 aliphatic carbocycles. The number of likely N-dealkylation sites (tertiary alicyclic amines) is 1. The van der Waals surface area contributed by atoms with Crippen LogP contribution in [0.4, 0.5) is 5.69 Å². The largest absolute Gasteiger partial charge is 0.508 e. The maximum absolute atomic E-state index is 12.9. The standard InChI is InChI=1S/C28H33N3O3S/c1-28(2,3)22-9-4-5-10-23(22)29-26(34)24-18-35-27(30-24)20-13-15-31(16-14-20)25(33)12-11-19-7-6-8-21(32)17-19/h4-10,17-18,20,32H,11-16H2,1-3H3,(H,29,34). The van der Waals surface area contributed by atoms with E-state index in [2.05, 4.69) is 31.1 Å². The summed E-state index contributed by atoms with van der Waals surface area (Å²) in [7, 11) is 0. The van der Waals surface area contributed by atoms with Crippen molar-refractivity contribution >= 4 is 28.8 Å². The van der Waals surface area contributed by atoms with Crippen molar-refractivity contribution in [3.8, 4) is 5.75 Å². The summed E-state index contributed by atoms with van der Waals surface area (Å²) in [5.74, 6) is 0.441. The number of amides is 2. The molecule has 3 aromatic rings. The van der Waals surface area contributed by atoms with Gasteiger partial charge in [0.1, 0.15) is 11.4 Å². The average Bonchev–Trinajstić information content (AvgIpc) is 3.33. The van der Waals surface area contributed by atoms with Gasteiger partial charge in [0.15, 0.2) is 0 Å². The van der Waals surface area contributed by atoms with Crippen molar-refractivity contribution in [1.82, 2.24) is 9.88 Å². The highest BCUT2D eigenvalue weighted by atomic mass is 32.1. The number of thiazole rings is 1. The van der Waals surface area contributed by atoms with Crippen molar-refractivity contribution in [3.05, 3.63) is 75.7 Å². The number of piperidine rings is 1. The first kappa shape index (κ1) is 24.9. The maximum Gasteiger partial charge on any atom is 0.275 e. The number of aromatic hydroxyl groups is 1. The fourth-order valence-electron chi connectivity index (χ4n) is 4.51. The minimum atomic E-state index is -0.191. The van der Waals surface area contributed by atoms with Crippen molar-refractivity contribution in [3.63, 3.8) is 0 Å². The number of hydrogen-bond donors (Lipinski definition) is 2. The molecule has 184 valence electrons. The quantitative estimate of drug-likeness (QED) is 0.461. The zero-order chi connectivity index (χ0) is 25.0. The van der Waals surface area contributed by atoms with Gasteiger partial charge in [-0.15, -0.1) is 11.3 Å². The molecule has 35 heavy (non-hydrogen) atoms. The van der Waals surface area contributed by atoms with Crippen LogP contribution in [0, 0.1) is 0 Å². The van der Waals surface area contributed by atoms with Crippen LogP contribution in [0.2, 0.25) is 0 Å². The minimum absolute atomic E-state index is 0.0780. The summed E-state index contributed by atoms with van der Waals surface area (Å²) < 4.78 is 0. The number of carbonyl (C=O) groups is 2. The van der Waals surface area contributed by atoms with Crippen LogP contribution in [0.15, 0.2) is 53.9 Å². The molecule has 0 bridgehead atoms. The van der Waals surface area contributed by atoms with Gasteiger partial charge in [-0.05, 0) is 54.0 Å². The van der Waals surface area contributed by atoms with Crippen LogP contribution in [0.1, 0.15) is 72.6 Å². The van der Waals surface area contributed by atoms with Crippen LogP contribution < -0.4 is 5.32 Å². The van der Waals surface area contributed by atoms with Crippen LogP contribution in [0.25, 0.3) is 0 Å². The Balaban J connectivity index is 1.31. The predicted octanol–water partition coefficient (Wildman–Crippen LogP) is 5.74. The first-order chi connectivity index (χ1) is 16.7. The molecule has 0 unspecified atom stereocenters. The van der Waals surface area contributed by atoms with E-state index in [1.807, 2.05) is 40.6 Å². The molecule has 2 aromatic carbocycles. The van der Waals surface area contributed by atoms with E-state index in [1.54, 1.807) is 18.2 Å². The second-order valence-corrected chi connectivity index (χ2v) is 11.0. The predicted molar refractivity (Wildman–Crippen MR) is 140 cm³/mol. The summed E-state index contributed by atoms with van der Waals surface area (Å²) >= 11 is 1.52. The number of carbonyl (C=O) groups excluding carboxylic acids is 2. The van der Waals surface area contributed by atoms with E-state index in [1.165, 1.54) is 11.3 Å². The first-order valence-electron chi connectivity index (χ1n) is 12.1. The number of aryl methyl sites for hydroxylation is 1. The molecule has 2 heterocycles.